The molecule has 9 heteroatoms. The highest BCUT2D eigenvalue weighted by molar-refractivity contribution is 7.10. The van der Waals surface area contributed by atoms with E-state index < -0.39 is 12.0 Å². The van der Waals surface area contributed by atoms with Gasteiger partial charge >= 0.3 is 5.97 Å². The minimum Gasteiger partial charge on any atom is -0.504 e. The van der Waals surface area contributed by atoms with E-state index in [-0.39, 0.29) is 17.9 Å². The first-order chi connectivity index (χ1) is 14.9. The SMILES string of the molecule is CCOC(=O)C1=C(C)N=c2s/c(=C\c3ccc(OC)c(O)c3)c(=O)n2[C@@H]1c1cccs1. The molecule has 1 aliphatic rings. The lowest BCUT2D eigenvalue weighted by Gasteiger charge is -2.23. The highest BCUT2D eigenvalue weighted by atomic mass is 32.1. The van der Waals surface area contributed by atoms with Crippen molar-refractivity contribution in [3.63, 3.8) is 0 Å². The number of carbonyl (C=O) groups is 1. The van der Waals surface area contributed by atoms with Crippen LogP contribution in [0.3, 0.4) is 0 Å². The first-order valence-corrected chi connectivity index (χ1v) is 11.2. The topological polar surface area (TPSA) is 90.1 Å². The van der Waals surface area contributed by atoms with Gasteiger partial charge in [-0.15, -0.1) is 11.3 Å². The zero-order chi connectivity index (χ0) is 22.1. The second kappa shape index (κ2) is 8.52. The van der Waals surface area contributed by atoms with E-state index in [0.29, 0.717) is 31.9 Å². The van der Waals surface area contributed by atoms with Crippen LogP contribution in [0.4, 0.5) is 0 Å². The zero-order valence-corrected chi connectivity index (χ0v) is 18.8. The van der Waals surface area contributed by atoms with Gasteiger partial charge in [0.15, 0.2) is 16.3 Å². The average Bonchev–Trinajstić information content (AvgIpc) is 3.36. The molecule has 1 atom stereocenters. The van der Waals surface area contributed by atoms with E-state index in [1.54, 1.807) is 36.6 Å². The Labute approximate surface area is 185 Å². The Bertz CT molecular complexity index is 1350. The molecule has 0 fully saturated rings. The number of aromatic hydroxyl groups is 1. The minimum absolute atomic E-state index is 0.0130. The van der Waals surface area contributed by atoms with Crippen LogP contribution in [0.5, 0.6) is 11.5 Å². The molecule has 3 heterocycles. The Hall–Kier alpha value is -3.17. The maximum Gasteiger partial charge on any atom is 0.338 e. The largest absolute Gasteiger partial charge is 0.504 e. The van der Waals surface area contributed by atoms with Crippen LogP contribution in [0.25, 0.3) is 6.08 Å². The summed E-state index contributed by atoms with van der Waals surface area (Å²) >= 11 is 2.70. The second-order valence-electron chi connectivity index (χ2n) is 6.75. The Morgan fingerprint density at radius 3 is 2.81 bits per heavy atom. The molecule has 1 aromatic carbocycles. The molecule has 7 nitrogen and oxygen atoms in total. The fraction of sp³-hybridized carbons (Fsp3) is 0.227. The van der Waals surface area contributed by atoms with Gasteiger partial charge < -0.3 is 14.6 Å². The summed E-state index contributed by atoms with van der Waals surface area (Å²) < 4.78 is 12.3. The number of hydrogen-bond donors (Lipinski definition) is 1. The van der Waals surface area contributed by atoms with Crippen LogP contribution in [0, 0.1) is 0 Å². The molecule has 0 saturated heterocycles. The Morgan fingerprint density at radius 2 is 2.16 bits per heavy atom. The van der Waals surface area contributed by atoms with Gasteiger partial charge in [-0.3, -0.25) is 9.36 Å². The average molecular weight is 457 g/mol. The quantitative estimate of drug-likeness (QED) is 0.596. The fourth-order valence-electron chi connectivity index (χ4n) is 3.46. The van der Waals surface area contributed by atoms with Crippen LogP contribution in [-0.4, -0.2) is 29.4 Å². The predicted octanol–water partition coefficient (Wildman–Crippen LogP) is 2.57. The molecule has 3 aromatic rings. The van der Waals surface area contributed by atoms with Crippen molar-refractivity contribution >= 4 is 34.7 Å². The number of methoxy groups -OCH3 is 1. The number of fused-ring (bicyclic) bond motifs is 1. The third-order valence-electron chi connectivity index (χ3n) is 4.83. The van der Waals surface area contributed by atoms with Gasteiger partial charge in [-0.05, 0) is 49.1 Å². The lowest BCUT2D eigenvalue weighted by molar-refractivity contribution is -0.139. The maximum absolute atomic E-state index is 13.4. The van der Waals surface area contributed by atoms with Gasteiger partial charge in [-0.1, -0.05) is 23.5 Å². The van der Waals surface area contributed by atoms with Gasteiger partial charge in [0.05, 0.1) is 29.5 Å². The van der Waals surface area contributed by atoms with Crippen LogP contribution in [0.15, 0.2) is 56.8 Å². The highest BCUT2D eigenvalue weighted by Crippen LogP contribution is 2.33. The summed E-state index contributed by atoms with van der Waals surface area (Å²) in [5.41, 5.74) is 1.29. The number of allylic oxidation sites excluding steroid dienone is 1. The normalized spacial score (nSPS) is 16.1. The Morgan fingerprint density at radius 1 is 1.35 bits per heavy atom. The summed E-state index contributed by atoms with van der Waals surface area (Å²) in [5, 5.41) is 12.0. The lowest BCUT2D eigenvalue weighted by atomic mass is 10.0. The number of hydrogen-bond acceptors (Lipinski definition) is 8. The first kappa shape index (κ1) is 21.1. The van der Waals surface area contributed by atoms with Gasteiger partial charge in [0.1, 0.15) is 6.04 Å². The van der Waals surface area contributed by atoms with Gasteiger partial charge in [0.2, 0.25) is 0 Å². The number of thiophene rings is 1. The third kappa shape index (κ3) is 3.82. The van der Waals surface area contributed by atoms with Crippen LogP contribution in [-0.2, 0) is 9.53 Å². The van der Waals surface area contributed by atoms with Crippen molar-refractivity contribution in [3.05, 3.63) is 77.1 Å². The van der Waals surface area contributed by atoms with Crippen LogP contribution in [0.2, 0.25) is 0 Å². The molecule has 0 spiro atoms. The van der Waals surface area contributed by atoms with Gasteiger partial charge in [-0.25, -0.2) is 9.79 Å². The van der Waals surface area contributed by atoms with Gasteiger partial charge in [-0.2, -0.15) is 0 Å². The number of phenols is 1. The number of benzene rings is 1. The fourth-order valence-corrected chi connectivity index (χ4v) is 5.33. The van der Waals surface area contributed by atoms with Crippen LogP contribution >= 0.6 is 22.7 Å². The Kier molecular flexibility index (Phi) is 5.79. The minimum atomic E-state index is -0.596. The molecule has 160 valence electrons. The number of ether oxygens (including phenoxy) is 2. The molecule has 2 aromatic heterocycles. The lowest BCUT2D eigenvalue weighted by Crippen LogP contribution is -2.39. The van der Waals surface area contributed by atoms with Crippen molar-refractivity contribution in [2.75, 3.05) is 13.7 Å². The summed E-state index contributed by atoms with van der Waals surface area (Å²) in [7, 11) is 1.47. The van der Waals surface area contributed by atoms with Crippen molar-refractivity contribution in [2.45, 2.75) is 19.9 Å². The third-order valence-corrected chi connectivity index (χ3v) is 6.74. The first-order valence-electron chi connectivity index (χ1n) is 9.54. The molecule has 0 saturated carbocycles. The van der Waals surface area contributed by atoms with Crippen molar-refractivity contribution in [1.29, 1.82) is 0 Å². The molecule has 0 bridgehead atoms. The van der Waals surface area contributed by atoms with Gasteiger partial charge in [0, 0.05) is 4.88 Å². The summed E-state index contributed by atoms with van der Waals surface area (Å²) in [6.45, 7) is 3.73. The molecule has 0 unspecified atom stereocenters. The summed E-state index contributed by atoms with van der Waals surface area (Å²) in [5.74, 6) is -0.136. The smallest absolute Gasteiger partial charge is 0.338 e. The van der Waals surface area contributed by atoms with E-state index in [1.165, 1.54) is 35.8 Å². The van der Waals surface area contributed by atoms with Gasteiger partial charge in [0.25, 0.3) is 5.56 Å². The van der Waals surface area contributed by atoms with E-state index >= 15 is 0 Å². The number of phenolic OH excluding ortho intramolecular Hbond substituents is 1. The number of esters is 1. The number of nitrogens with zero attached hydrogens (tertiary/aromatic N) is 2. The van der Waals surface area contributed by atoms with Crippen molar-refractivity contribution in [2.24, 2.45) is 4.99 Å². The predicted molar refractivity (Wildman–Crippen MR) is 119 cm³/mol. The summed E-state index contributed by atoms with van der Waals surface area (Å²) in [4.78, 5) is 32.0. The number of aromatic nitrogens is 1. The second-order valence-corrected chi connectivity index (χ2v) is 8.74. The number of rotatable bonds is 5. The monoisotopic (exact) mass is 456 g/mol. The molecule has 0 aliphatic carbocycles. The molecule has 1 N–H and O–H groups in total. The van der Waals surface area contributed by atoms with Crippen LogP contribution < -0.4 is 19.6 Å². The number of thiazole rings is 1. The standard InChI is InChI=1S/C22H20N2O5S2/c1-4-29-21(27)18-12(2)23-22-24(19(18)16-6-5-9-30-16)20(26)17(31-22)11-13-7-8-15(28-3)14(25)10-13/h5-11,19,25H,4H2,1-3H3/b17-11-/t19-/m1/s1. The molecule has 1 aliphatic heterocycles. The summed E-state index contributed by atoms with van der Waals surface area (Å²) in [6, 6.07) is 8.10. The van der Waals surface area contributed by atoms with Crippen molar-refractivity contribution < 1.29 is 19.4 Å². The number of carbonyl (C=O) groups excluding carboxylic acids is 1. The molecule has 0 radical (unpaired) electrons. The maximum atomic E-state index is 13.4. The molecule has 4 rings (SSSR count). The zero-order valence-electron chi connectivity index (χ0n) is 17.1. The Balaban J connectivity index is 1.91. The molecular formula is C22H20N2O5S2. The van der Waals surface area contributed by atoms with E-state index in [4.69, 9.17) is 9.47 Å². The molecule has 0 amide bonds. The summed E-state index contributed by atoms with van der Waals surface area (Å²) in [6.07, 6.45) is 1.69. The van der Waals surface area contributed by atoms with Crippen molar-refractivity contribution in [3.8, 4) is 11.5 Å². The van der Waals surface area contributed by atoms with Crippen LogP contribution in [0.1, 0.15) is 30.3 Å². The molecular weight excluding hydrogens is 436 g/mol. The molecule has 31 heavy (non-hydrogen) atoms. The van der Waals surface area contributed by atoms with E-state index in [0.717, 1.165) is 4.88 Å². The van der Waals surface area contributed by atoms with E-state index in [2.05, 4.69) is 4.99 Å². The highest BCUT2D eigenvalue weighted by Gasteiger charge is 2.33. The van der Waals surface area contributed by atoms with Crippen molar-refractivity contribution in [1.82, 2.24) is 4.57 Å². The van der Waals surface area contributed by atoms with E-state index in [9.17, 15) is 14.7 Å². The van der Waals surface area contributed by atoms with E-state index in [1.807, 2.05) is 17.5 Å².